The first-order chi connectivity index (χ1) is 8.08. The second-order valence-electron chi connectivity index (χ2n) is 3.39. The number of anilines is 1. The van der Waals surface area contributed by atoms with Gasteiger partial charge >= 0.3 is 0 Å². The zero-order chi connectivity index (χ0) is 12.4. The summed E-state index contributed by atoms with van der Waals surface area (Å²) in [6.45, 7) is 1.78. The zero-order valence-electron chi connectivity index (χ0n) is 8.83. The van der Waals surface area contributed by atoms with E-state index in [9.17, 15) is 13.6 Å². The predicted octanol–water partition coefficient (Wildman–Crippen LogP) is 2.98. The number of nitrogens with one attached hydrogen (secondary N) is 1. The molecule has 2 aromatic rings. The molecular formula is C11H8F2N2OS. The Kier molecular flexibility index (Phi) is 3.14. The standard InChI is InChI=1S/C11H8F2N2OS/c1-6-4-17-5-7(6)11(16)14-8-2-3-9(12)15-10(8)13/h2-5H,1H3,(H,14,16). The van der Waals surface area contributed by atoms with E-state index in [-0.39, 0.29) is 5.69 Å². The first-order valence-corrected chi connectivity index (χ1v) is 5.68. The summed E-state index contributed by atoms with van der Waals surface area (Å²) in [5.41, 5.74) is 1.14. The molecule has 17 heavy (non-hydrogen) atoms. The Morgan fingerprint density at radius 1 is 1.35 bits per heavy atom. The summed E-state index contributed by atoms with van der Waals surface area (Å²) in [5, 5.41) is 5.82. The van der Waals surface area contributed by atoms with Gasteiger partial charge in [-0.15, -0.1) is 0 Å². The minimum atomic E-state index is -1.04. The molecule has 0 saturated carbocycles. The third-order valence-corrected chi connectivity index (χ3v) is 3.02. The minimum Gasteiger partial charge on any atom is -0.318 e. The Hall–Kier alpha value is -1.82. The van der Waals surface area contributed by atoms with E-state index in [0.717, 1.165) is 17.7 Å². The van der Waals surface area contributed by atoms with Crippen LogP contribution in [0.4, 0.5) is 14.5 Å². The first-order valence-electron chi connectivity index (χ1n) is 4.74. The van der Waals surface area contributed by atoms with Crippen LogP contribution in [0.2, 0.25) is 0 Å². The van der Waals surface area contributed by atoms with E-state index < -0.39 is 17.8 Å². The van der Waals surface area contributed by atoms with Crippen molar-refractivity contribution in [3.8, 4) is 0 Å². The summed E-state index contributed by atoms with van der Waals surface area (Å²) in [6.07, 6.45) is 0. The average molecular weight is 254 g/mol. The Labute approximate surface area is 100 Å². The Bertz CT molecular complexity index is 568. The molecule has 0 aromatic carbocycles. The SMILES string of the molecule is Cc1cscc1C(=O)Nc1ccc(F)nc1F. The van der Waals surface area contributed by atoms with Gasteiger partial charge in [-0.05, 0) is 30.0 Å². The fourth-order valence-electron chi connectivity index (χ4n) is 1.29. The molecule has 0 radical (unpaired) electrons. The number of nitrogens with zero attached hydrogens (tertiary/aromatic N) is 1. The van der Waals surface area contributed by atoms with Gasteiger partial charge in [0.2, 0.25) is 11.9 Å². The first kappa shape index (κ1) is 11.7. The van der Waals surface area contributed by atoms with Gasteiger partial charge in [-0.2, -0.15) is 25.1 Å². The molecule has 0 bridgehead atoms. The topological polar surface area (TPSA) is 42.0 Å². The van der Waals surface area contributed by atoms with Crippen LogP contribution in [0.5, 0.6) is 0 Å². The normalized spacial score (nSPS) is 10.3. The second-order valence-corrected chi connectivity index (χ2v) is 4.14. The van der Waals surface area contributed by atoms with Gasteiger partial charge in [0, 0.05) is 5.38 Å². The molecule has 88 valence electrons. The predicted molar refractivity (Wildman–Crippen MR) is 61.2 cm³/mol. The van der Waals surface area contributed by atoms with Crippen LogP contribution in [0.15, 0.2) is 22.9 Å². The number of amides is 1. The van der Waals surface area contributed by atoms with Gasteiger partial charge in [-0.1, -0.05) is 0 Å². The van der Waals surface area contributed by atoms with Crippen LogP contribution in [0, 0.1) is 18.8 Å². The number of pyridine rings is 1. The molecule has 0 fully saturated rings. The average Bonchev–Trinajstić information content (AvgIpc) is 2.68. The lowest BCUT2D eigenvalue weighted by atomic mass is 10.2. The lowest BCUT2D eigenvalue weighted by molar-refractivity contribution is 0.102. The van der Waals surface area contributed by atoms with Crippen molar-refractivity contribution in [2.24, 2.45) is 0 Å². The number of halogens is 2. The third kappa shape index (κ3) is 2.47. The molecule has 3 nitrogen and oxygen atoms in total. The van der Waals surface area contributed by atoms with Crippen molar-refractivity contribution in [1.82, 2.24) is 4.98 Å². The Morgan fingerprint density at radius 3 is 2.71 bits per heavy atom. The van der Waals surface area contributed by atoms with Gasteiger partial charge in [-0.3, -0.25) is 4.79 Å². The van der Waals surface area contributed by atoms with Crippen molar-refractivity contribution >= 4 is 22.9 Å². The van der Waals surface area contributed by atoms with Crippen LogP contribution in [0.1, 0.15) is 15.9 Å². The van der Waals surface area contributed by atoms with Gasteiger partial charge in [0.05, 0.1) is 11.3 Å². The number of aryl methyl sites for hydroxylation is 1. The van der Waals surface area contributed by atoms with E-state index >= 15 is 0 Å². The van der Waals surface area contributed by atoms with E-state index in [1.54, 1.807) is 12.3 Å². The highest BCUT2D eigenvalue weighted by Gasteiger charge is 2.13. The zero-order valence-corrected chi connectivity index (χ0v) is 9.65. The monoisotopic (exact) mass is 254 g/mol. The number of hydrogen-bond donors (Lipinski definition) is 1. The molecule has 0 atom stereocenters. The van der Waals surface area contributed by atoms with Gasteiger partial charge < -0.3 is 5.32 Å². The van der Waals surface area contributed by atoms with Crippen LogP contribution in [-0.2, 0) is 0 Å². The van der Waals surface area contributed by atoms with Crippen LogP contribution in [-0.4, -0.2) is 10.9 Å². The molecule has 0 aliphatic carbocycles. The smallest absolute Gasteiger partial charge is 0.256 e. The molecule has 0 aliphatic heterocycles. The molecule has 6 heteroatoms. The largest absolute Gasteiger partial charge is 0.318 e. The maximum atomic E-state index is 13.2. The van der Waals surface area contributed by atoms with Crippen LogP contribution in [0.3, 0.4) is 0 Å². The summed E-state index contributed by atoms with van der Waals surface area (Å²) in [4.78, 5) is 14.7. The molecule has 0 saturated heterocycles. The van der Waals surface area contributed by atoms with E-state index in [4.69, 9.17) is 0 Å². The third-order valence-electron chi connectivity index (χ3n) is 2.16. The molecule has 0 unspecified atom stereocenters. The number of aromatic nitrogens is 1. The second kappa shape index (κ2) is 4.58. The molecule has 2 heterocycles. The minimum absolute atomic E-state index is 0.137. The maximum absolute atomic E-state index is 13.2. The highest BCUT2D eigenvalue weighted by atomic mass is 32.1. The summed E-state index contributed by atoms with van der Waals surface area (Å²) in [5.74, 6) is -2.39. The summed E-state index contributed by atoms with van der Waals surface area (Å²) >= 11 is 1.38. The van der Waals surface area contributed by atoms with E-state index in [0.29, 0.717) is 5.56 Å². The Balaban J connectivity index is 2.22. The van der Waals surface area contributed by atoms with Crippen molar-refractivity contribution in [3.63, 3.8) is 0 Å². The van der Waals surface area contributed by atoms with Crippen LogP contribution in [0.25, 0.3) is 0 Å². The number of thiophene rings is 1. The lowest BCUT2D eigenvalue weighted by Crippen LogP contribution is -2.13. The van der Waals surface area contributed by atoms with Gasteiger partial charge in [-0.25, -0.2) is 0 Å². The van der Waals surface area contributed by atoms with Crippen molar-refractivity contribution < 1.29 is 13.6 Å². The maximum Gasteiger partial charge on any atom is 0.256 e. The van der Waals surface area contributed by atoms with Crippen molar-refractivity contribution in [1.29, 1.82) is 0 Å². The quantitative estimate of drug-likeness (QED) is 0.837. The van der Waals surface area contributed by atoms with Crippen molar-refractivity contribution in [2.45, 2.75) is 6.92 Å². The van der Waals surface area contributed by atoms with Crippen molar-refractivity contribution in [2.75, 3.05) is 5.32 Å². The molecule has 1 N–H and O–H groups in total. The lowest BCUT2D eigenvalue weighted by Gasteiger charge is -2.05. The molecule has 1 amide bonds. The fourth-order valence-corrected chi connectivity index (χ4v) is 2.12. The number of carbonyl (C=O) groups excluding carboxylic acids is 1. The highest BCUT2D eigenvalue weighted by Crippen LogP contribution is 2.17. The molecule has 0 aliphatic rings. The molecule has 0 spiro atoms. The summed E-state index contributed by atoms with van der Waals surface area (Å²) in [6, 6.07) is 2.12. The number of carbonyl (C=O) groups is 1. The van der Waals surface area contributed by atoms with E-state index in [1.807, 2.05) is 5.38 Å². The van der Waals surface area contributed by atoms with Crippen molar-refractivity contribution in [3.05, 3.63) is 45.9 Å². The summed E-state index contributed by atoms with van der Waals surface area (Å²) in [7, 11) is 0. The molecular weight excluding hydrogens is 246 g/mol. The van der Waals surface area contributed by atoms with Gasteiger partial charge in [0.15, 0.2) is 0 Å². The number of rotatable bonds is 2. The molecule has 2 rings (SSSR count). The molecule has 2 aromatic heterocycles. The van der Waals surface area contributed by atoms with E-state index in [2.05, 4.69) is 10.3 Å². The highest BCUT2D eigenvalue weighted by molar-refractivity contribution is 7.08. The number of hydrogen-bond acceptors (Lipinski definition) is 3. The van der Waals surface area contributed by atoms with Crippen LogP contribution >= 0.6 is 11.3 Å². The summed E-state index contributed by atoms with van der Waals surface area (Å²) < 4.78 is 25.8. The van der Waals surface area contributed by atoms with E-state index in [1.165, 1.54) is 11.3 Å². The fraction of sp³-hybridized carbons (Fsp3) is 0.0909. The Morgan fingerprint density at radius 2 is 2.12 bits per heavy atom. The van der Waals surface area contributed by atoms with Crippen LogP contribution < -0.4 is 5.32 Å². The van der Waals surface area contributed by atoms with Gasteiger partial charge in [0.25, 0.3) is 5.91 Å². The van der Waals surface area contributed by atoms with Gasteiger partial charge in [0.1, 0.15) is 0 Å².